The summed E-state index contributed by atoms with van der Waals surface area (Å²) in [5.41, 5.74) is 4.80. The van der Waals surface area contributed by atoms with E-state index in [-0.39, 0.29) is 51.0 Å². The zero-order valence-corrected chi connectivity index (χ0v) is 44.7. The average Bonchev–Trinajstić information content (AvgIpc) is 3.38. The SMILES string of the molecule is CC(=O)c1ccccc1.Cc1ccc(S(=O)(=O)OC/C(=N/O)c2ccccc2)cc1.Cc1ccc(S(=O)(=O)OCC(=O)c2ccccc2)cc1.Cc1ccc(S(=O)(=O)OI(O)c2ccccc2)cc1.Cl.NO. The second-order valence-corrected chi connectivity index (χ2v) is 22.9. The summed E-state index contributed by atoms with van der Waals surface area (Å²) in [5, 5.41) is 18.6. The van der Waals surface area contributed by atoms with Crippen molar-refractivity contribution in [3.05, 3.63) is 231 Å². The Balaban J connectivity index is 0.000000333. The molecule has 72 heavy (non-hydrogen) atoms. The van der Waals surface area contributed by atoms with Gasteiger partial charge in [-0.2, -0.15) is 16.8 Å². The Morgan fingerprint density at radius 2 is 0.806 bits per heavy atom. The molecule has 0 radical (unpaired) electrons. The third kappa shape index (κ3) is 21.4. The Morgan fingerprint density at radius 1 is 0.486 bits per heavy atom. The summed E-state index contributed by atoms with van der Waals surface area (Å²) >= 11 is -3.14. The second-order valence-electron chi connectivity index (χ2n) is 14.5. The number of Topliss-reactive ketones (excluding diaryl/α,β-unsaturated/α-hetero) is 2. The molecule has 0 aliphatic carbocycles. The Hall–Kier alpha value is -6.02. The Labute approximate surface area is 435 Å². The van der Waals surface area contributed by atoms with E-state index in [1.165, 1.54) is 36.4 Å². The van der Waals surface area contributed by atoms with Crippen molar-refractivity contribution in [3.8, 4) is 0 Å². The largest absolute Gasteiger partial charge is 0.320 e. The minimum atomic E-state index is -3.90. The smallest absolute Gasteiger partial charge is 0.147 e. The molecule has 0 fully saturated rings. The van der Waals surface area contributed by atoms with Crippen LogP contribution in [-0.4, -0.2) is 69.6 Å². The molecular formula is C51H54ClIN2O14S3. The van der Waals surface area contributed by atoms with Gasteiger partial charge in [0.05, 0.1) is 9.79 Å². The van der Waals surface area contributed by atoms with Gasteiger partial charge in [0, 0.05) is 16.7 Å². The van der Waals surface area contributed by atoms with Gasteiger partial charge in [-0.3, -0.25) is 18.0 Å². The van der Waals surface area contributed by atoms with E-state index in [0.29, 0.717) is 14.7 Å². The third-order valence-corrected chi connectivity index (χ3v) is 17.1. The maximum absolute atomic E-state index is 12.0. The van der Waals surface area contributed by atoms with E-state index in [0.717, 1.165) is 22.3 Å². The molecule has 21 heteroatoms. The molecule has 0 unspecified atom stereocenters. The standard InChI is InChI=1S/C15H15NO4S.C15H14O4S.C13H13IO4S.C8H8O.ClH.H3NO/c1-12-7-9-14(10-8-12)21(18,19)20-11-15(16-17)13-5-3-2-4-6-13;1-12-7-9-14(10-8-12)20(17,18)19-11-15(16)13-5-3-2-4-6-13;1-11-7-9-13(10-8-11)19(16,17)18-14(15)12-5-3-2-4-6-12;1-7(9)8-5-3-2-4-6-8;;1-2/h2-10,17H,11H2,1H3;2-10H,11H2,1H3;2-10,15H,1H3;2-6H,1H3;1H;2H,1H2/b16-15-;;;;;. The Kier molecular flexibility index (Phi) is 27.1. The maximum atomic E-state index is 12.0. The molecular weight excluding hydrogens is 1120 g/mol. The quantitative estimate of drug-likeness (QED) is 0.0186. The fourth-order valence-electron chi connectivity index (χ4n) is 5.37. The van der Waals surface area contributed by atoms with E-state index in [1.807, 2.05) is 57.2 Å². The van der Waals surface area contributed by atoms with Crippen LogP contribution in [0, 0.1) is 24.3 Å². The van der Waals surface area contributed by atoms with Gasteiger partial charge in [-0.05, 0) is 45.0 Å². The summed E-state index contributed by atoms with van der Waals surface area (Å²) in [6.45, 7) is 6.32. The van der Waals surface area contributed by atoms with Crippen molar-refractivity contribution in [2.24, 2.45) is 11.1 Å². The first-order chi connectivity index (χ1) is 33.8. The monoisotopic (exact) mass is 1180 g/mol. The number of rotatable bonds is 15. The van der Waals surface area contributed by atoms with Crippen molar-refractivity contribution in [2.75, 3.05) is 13.2 Å². The Bertz CT molecular complexity index is 3090. The van der Waals surface area contributed by atoms with Crippen LogP contribution in [0.15, 0.2) is 214 Å². The fourth-order valence-corrected chi connectivity index (χ4v) is 11.5. The van der Waals surface area contributed by atoms with Crippen LogP contribution >= 0.6 is 33.1 Å². The molecule has 0 aromatic heterocycles. The number of benzene rings is 7. The van der Waals surface area contributed by atoms with Crippen LogP contribution < -0.4 is 5.90 Å². The average molecular weight is 1180 g/mol. The Morgan fingerprint density at radius 3 is 1.15 bits per heavy atom. The second kappa shape index (κ2) is 31.4. The van der Waals surface area contributed by atoms with E-state index in [4.69, 9.17) is 21.3 Å². The maximum Gasteiger partial charge on any atom is -0.147 e. The number of hydrogen-bond donors (Lipinski definition) is 4. The van der Waals surface area contributed by atoms with Crippen LogP contribution in [0.3, 0.4) is 0 Å². The molecule has 0 bridgehead atoms. The van der Waals surface area contributed by atoms with Gasteiger partial charge in [0.25, 0.3) is 20.2 Å². The predicted molar refractivity (Wildman–Crippen MR) is 285 cm³/mol. The van der Waals surface area contributed by atoms with Gasteiger partial charge >= 0.3 is 121 Å². The van der Waals surface area contributed by atoms with Crippen molar-refractivity contribution in [1.82, 2.24) is 0 Å². The van der Waals surface area contributed by atoms with Gasteiger partial charge in [0.15, 0.2) is 11.6 Å². The number of carbonyl (C=O) groups excluding carboxylic acids is 2. The summed E-state index contributed by atoms with van der Waals surface area (Å²) in [5.74, 6) is 3.25. The van der Waals surface area contributed by atoms with Crippen LogP contribution in [0.4, 0.5) is 0 Å². The summed E-state index contributed by atoms with van der Waals surface area (Å²) in [7, 11) is -11.7. The van der Waals surface area contributed by atoms with Gasteiger partial charge in [0.1, 0.15) is 18.9 Å². The first kappa shape index (κ1) is 62.1. The van der Waals surface area contributed by atoms with Gasteiger partial charge in [-0.15, -0.1) is 12.4 Å². The fraction of sp³-hybridized carbons (Fsp3) is 0.118. The summed E-state index contributed by atoms with van der Waals surface area (Å²) in [6, 6.07) is 53.9. The topological polar surface area (TPSA) is 263 Å². The van der Waals surface area contributed by atoms with Gasteiger partial charge in [-0.25, -0.2) is 5.90 Å². The molecule has 7 aromatic carbocycles. The molecule has 0 spiro atoms. The molecule has 7 aromatic rings. The molecule has 5 N–H and O–H groups in total. The van der Waals surface area contributed by atoms with Crippen LogP contribution in [0.2, 0.25) is 0 Å². The van der Waals surface area contributed by atoms with Crippen LogP contribution in [-0.2, 0) is 41.2 Å². The first-order valence-corrected chi connectivity index (χ1v) is 28.0. The molecule has 16 nitrogen and oxygen atoms in total. The molecule has 0 aliphatic rings. The number of hydrogen-bond acceptors (Lipinski definition) is 16. The third-order valence-electron chi connectivity index (χ3n) is 9.19. The molecule has 0 heterocycles. The van der Waals surface area contributed by atoms with Crippen molar-refractivity contribution in [2.45, 2.75) is 42.4 Å². The summed E-state index contributed by atoms with van der Waals surface area (Å²) in [4.78, 5) is 22.6. The number of ketones is 2. The summed E-state index contributed by atoms with van der Waals surface area (Å²) in [6.07, 6.45) is 0. The molecule has 0 saturated carbocycles. The number of aryl methyl sites for hydroxylation is 3. The number of nitrogens with two attached hydrogens (primary N) is 1. The predicted octanol–water partition coefficient (Wildman–Crippen LogP) is 9.71. The number of carbonyl (C=O) groups is 2. The molecule has 0 saturated heterocycles. The normalized spacial score (nSPS) is 11.2. The van der Waals surface area contributed by atoms with Crippen LogP contribution in [0.25, 0.3) is 0 Å². The van der Waals surface area contributed by atoms with Crippen molar-refractivity contribution in [1.29, 1.82) is 0 Å². The van der Waals surface area contributed by atoms with Crippen LogP contribution in [0.1, 0.15) is 49.9 Å². The first-order valence-electron chi connectivity index (χ1n) is 20.9. The van der Waals surface area contributed by atoms with Gasteiger partial charge in [0.2, 0.25) is 0 Å². The van der Waals surface area contributed by atoms with Gasteiger partial charge in [-0.1, -0.05) is 132 Å². The van der Waals surface area contributed by atoms with E-state index < -0.39 is 57.6 Å². The zero-order chi connectivity index (χ0) is 52.5. The minimum Gasteiger partial charge on any atom is -0.320 e. The molecule has 0 aliphatic heterocycles. The van der Waals surface area contributed by atoms with Gasteiger partial charge < -0.3 is 10.4 Å². The molecule has 384 valence electrons. The molecule has 0 atom stereocenters. The number of halogens is 2. The van der Waals surface area contributed by atoms with Crippen molar-refractivity contribution in [3.63, 3.8) is 0 Å². The van der Waals surface area contributed by atoms with Crippen LogP contribution in [0.5, 0.6) is 0 Å². The minimum absolute atomic E-state index is 0. The zero-order valence-electron chi connectivity index (χ0n) is 39.3. The molecule has 0 amide bonds. The van der Waals surface area contributed by atoms with E-state index in [2.05, 4.69) is 11.1 Å². The molecule has 7 rings (SSSR count). The van der Waals surface area contributed by atoms with Crippen molar-refractivity contribution >= 4 is 80.7 Å². The van der Waals surface area contributed by atoms with Crippen molar-refractivity contribution < 1.29 is 59.6 Å². The van der Waals surface area contributed by atoms with E-state index >= 15 is 0 Å². The van der Waals surface area contributed by atoms with E-state index in [1.54, 1.807) is 128 Å². The summed E-state index contributed by atoms with van der Waals surface area (Å²) < 4.78 is 97.0. The number of oxime groups is 1. The number of nitrogens with zero attached hydrogens (tertiary/aromatic N) is 1. The van der Waals surface area contributed by atoms with E-state index in [9.17, 15) is 38.3 Å².